The van der Waals surface area contributed by atoms with E-state index in [0.29, 0.717) is 5.69 Å². The first-order valence-electron chi connectivity index (χ1n) is 6.67. The molecule has 1 heterocycles. The quantitative estimate of drug-likeness (QED) is 0.806. The number of anilines is 1. The van der Waals surface area contributed by atoms with Gasteiger partial charge in [-0.05, 0) is 24.3 Å². The monoisotopic (exact) mass is 307 g/mol. The molecule has 0 saturated carbocycles. The highest BCUT2D eigenvalue weighted by molar-refractivity contribution is 6.03. The molecule has 0 aliphatic carbocycles. The summed E-state index contributed by atoms with van der Waals surface area (Å²) in [5.74, 6) is -1.27. The zero-order chi connectivity index (χ0) is 16.2. The molecule has 0 aliphatic rings. The van der Waals surface area contributed by atoms with E-state index in [-0.39, 0.29) is 16.9 Å². The van der Waals surface area contributed by atoms with Gasteiger partial charge in [-0.2, -0.15) is 15.2 Å². The molecule has 0 fully saturated rings. The first kappa shape index (κ1) is 14.4. The first-order chi connectivity index (χ1) is 11.2. The number of benzene rings is 2. The zero-order valence-electron chi connectivity index (χ0n) is 11.8. The lowest BCUT2D eigenvalue weighted by Gasteiger charge is -2.05. The van der Waals surface area contributed by atoms with E-state index in [0.717, 1.165) is 6.07 Å². The maximum atomic E-state index is 13.5. The summed E-state index contributed by atoms with van der Waals surface area (Å²) in [7, 11) is 0. The number of hydrogen-bond donors (Lipinski definition) is 1. The summed E-state index contributed by atoms with van der Waals surface area (Å²) in [5.41, 5.74) is 0.625. The predicted octanol–water partition coefficient (Wildman–Crippen LogP) is 2.53. The Morgan fingerprint density at radius 2 is 1.96 bits per heavy atom. The van der Waals surface area contributed by atoms with Crippen LogP contribution in [0.1, 0.15) is 16.1 Å². The number of para-hydroxylation sites is 1. The number of nitriles is 1. The maximum Gasteiger partial charge on any atom is 0.277 e. The molecule has 0 atom stereocenters. The van der Waals surface area contributed by atoms with Crippen LogP contribution in [0.25, 0.3) is 5.69 Å². The van der Waals surface area contributed by atoms with Crippen molar-refractivity contribution in [2.24, 2.45) is 0 Å². The van der Waals surface area contributed by atoms with Gasteiger partial charge in [0.2, 0.25) is 0 Å². The molecule has 23 heavy (non-hydrogen) atoms. The van der Waals surface area contributed by atoms with Gasteiger partial charge in [0, 0.05) is 0 Å². The molecule has 0 bridgehead atoms. The lowest BCUT2D eigenvalue weighted by molar-refractivity contribution is 0.102. The number of halogens is 1. The average molecular weight is 307 g/mol. The Bertz CT molecular complexity index is 898. The van der Waals surface area contributed by atoms with Gasteiger partial charge < -0.3 is 5.32 Å². The Balaban J connectivity index is 1.84. The summed E-state index contributed by atoms with van der Waals surface area (Å²) in [6.07, 6.45) is 1.30. The van der Waals surface area contributed by atoms with Crippen molar-refractivity contribution in [2.75, 3.05) is 5.32 Å². The van der Waals surface area contributed by atoms with Crippen LogP contribution in [0.2, 0.25) is 0 Å². The lowest BCUT2D eigenvalue weighted by atomic mass is 10.2. The van der Waals surface area contributed by atoms with Crippen LogP contribution in [-0.4, -0.2) is 20.9 Å². The van der Waals surface area contributed by atoms with Gasteiger partial charge in [0.15, 0.2) is 5.69 Å². The fourth-order valence-corrected chi connectivity index (χ4v) is 1.98. The van der Waals surface area contributed by atoms with Crippen LogP contribution in [0.5, 0.6) is 0 Å². The van der Waals surface area contributed by atoms with Gasteiger partial charge in [0.1, 0.15) is 17.4 Å². The largest absolute Gasteiger partial charge is 0.319 e. The molecule has 0 aliphatic heterocycles. The van der Waals surface area contributed by atoms with Gasteiger partial charge in [0.25, 0.3) is 5.91 Å². The van der Waals surface area contributed by atoms with Crippen molar-refractivity contribution < 1.29 is 9.18 Å². The molecule has 112 valence electrons. The van der Waals surface area contributed by atoms with E-state index in [9.17, 15) is 9.18 Å². The smallest absolute Gasteiger partial charge is 0.277 e. The van der Waals surface area contributed by atoms with Gasteiger partial charge in [-0.25, -0.2) is 4.39 Å². The summed E-state index contributed by atoms with van der Waals surface area (Å²) < 4.78 is 13.5. The zero-order valence-corrected chi connectivity index (χ0v) is 11.8. The molecule has 7 heteroatoms. The van der Waals surface area contributed by atoms with E-state index < -0.39 is 11.7 Å². The molecule has 0 unspecified atom stereocenters. The fraction of sp³-hybridized carbons (Fsp3) is 0. The second kappa shape index (κ2) is 6.07. The minimum absolute atomic E-state index is 0.0574. The Hall–Kier alpha value is -3.53. The molecule has 1 aromatic heterocycles. The van der Waals surface area contributed by atoms with Crippen molar-refractivity contribution in [1.29, 1.82) is 5.26 Å². The molecule has 1 amide bonds. The highest BCUT2D eigenvalue weighted by atomic mass is 19.1. The van der Waals surface area contributed by atoms with E-state index >= 15 is 0 Å². The molecule has 0 spiro atoms. The average Bonchev–Trinajstić information content (AvgIpc) is 3.06. The van der Waals surface area contributed by atoms with Crippen LogP contribution in [0.4, 0.5) is 10.1 Å². The van der Waals surface area contributed by atoms with Crippen LogP contribution in [-0.2, 0) is 0 Å². The second-order valence-electron chi connectivity index (χ2n) is 4.58. The van der Waals surface area contributed by atoms with Gasteiger partial charge >= 0.3 is 0 Å². The predicted molar refractivity (Wildman–Crippen MR) is 80.4 cm³/mol. The molecular formula is C16H10FN5O. The minimum atomic E-state index is -0.696. The van der Waals surface area contributed by atoms with Gasteiger partial charge in [0.05, 0.1) is 17.6 Å². The van der Waals surface area contributed by atoms with Crippen LogP contribution in [0, 0.1) is 17.1 Å². The number of nitrogens with one attached hydrogen (secondary N) is 1. The van der Waals surface area contributed by atoms with E-state index in [1.807, 2.05) is 18.2 Å². The summed E-state index contributed by atoms with van der Waals surface area (Å²) in [6.45, 7) is 0. The lowest BCUT2D eigenvalue weighted by Crippen LogP contribution is -2.14. The number of amides is 1. The summed E-state index contributed by atoms with van der Waals surface area (Å²) in [4.78, 5) is 13.5. The van der Waals surface area contributed by atoms with E-state index in [1.165, 1.54) is 23.1 Å². The maximum absolute atomic E-state index is 13.5. The molecule has 6 nitrogen and oxygen atoms in total. The van der Waals surface area contributed by atoms with Crippen molar-refractivity contribution in [1.82, 2.24) is 15.0 Å². The topological polar surface area (TPSA) is 83.6 Å². The molecule has 3 rings (SSSR count). The van der Waals surface area contributed by atoms with Crippen LogP contribution in [0.3, 0.4) is 0 Å². The summed E-state index contributed by atoms with van der Waals surface area (Å²) in [5, 5.41) is 19.5. The van der Waals surface area contributed by atoms with Crippen molar-refractivity contribution in [2.45, 2.75) is 0 Å². The molecule has 2 aromatic carbocycles. The SMILES string of the molecule is N#Cc1c(F)cccc1NC(=O)c1cnn(-c2ccccc2)n1. The Labute approximate surface area is 130 Å². The Kier molecular flexibility index (Phi) is 3.80. The number of nitrogens with zero attached hydrogens (tertiary/aromatic N) is 4. The van der Waals surface area contributed by atoms with Crippen molar-refractivity contribution >= 4 is 11.6 Å². The van der Waals surface area contributed by atoms with Gasteiger partial charge in [-0.1, -0.05) is 24.3 Å². The highest BCUT2D eigenvalue weighted by Crippen LogP contribution is 2.18. The van der Waals surface area contributed by atoms with Crippen LogP contribution in [0.15, 0.2) is 54.7 Å². The summed E-state index contributed by atoms with van der Waals surface area (Å²) in [6, 6.07) is 14.8. The van der Waals surface area contributed by atoms with Gasteiger partial charge in [-0.15, -0.1) is 5.10 Å². The Morgan fingerprint density at radius 3 is 2.70 bits per heavy atom. The van der Waals surface area contributed by atoms with Crippen molar-refractivity contribution in [3.63, 3.8) is 0 Å². The second-order valence-corrected chi connectivity index (χ2v) is 4.58. The minimum Gasteiger partial charge on any atom is -0.319 e. The van der Waals surface area contributed by atoms with Crippen molar-refractivity contribution in [3.8, 4) is 11.8 Å². The number of aromatic nitrogens is 3. The highest BCUT2D eigenvalue weighted by Gasteiger charge is 2.15. The number of carbonyl (C=O) groups excluding carboxylic acids is 1. The third-order valence-corrected chi connectivity index (χ3v) is 3.09. The van der Waals surface area contributed by atoms with Crippen molar-refractivity contribution in [3.05, 3.63) is 71.8 Å². The molecule has 1 N–H and O–H groups in total. The first-order valence-corrected chi connectivity index (χ1v) is 6.67. The van der Waals surface area contributed by atoms with E-state index in [2.05, 4.69) is 15.5 Å². The Morgan fingerprint density at radius 1 is 1.17 bits per heavy atom. The number of hydrogen-bond acceptors (Lipinski definition) is 4. The van der Waals surface area contributed by atoms with E-state index in [4.69, 9.17) is 5.26 Å². The van der Waals surface area contributed by atoms with Crippen LogP contribution < -0.4 is 5.32 Å². The molecular weight excluding hydrogens is 297 g/mol. The van der Waals surface area contributed by atoms with Gasteiger partial charge in [-0.3, -0.25) is 4.79 Å². The standard InChI is InChI=1S/C16H10FN5O/c17-13-7-4-8-14(12(13)9-18)20-16(23)15-10-19-22(21-15)11-5-2-1-3-6-11/h1-8,10H,(H,20,23). The fourth-order valence-electron chi connectivity index (χ4n) is 1.98. The normalized spacial score (nSPS) is 10.1. The third-order valence-electron chi connectivity index (χ3n) is 3.09. The van der Waals surface area contributed by atoms with E-state index in [1.54, 1.807) is 18.2 Å². The molecule has 0 saturated heterocycles. The van der Waals surface area contributed by atoms with Crippen LogP contribution >= 0.6 is 0 Å². The molecule has 0 radical (unpaired) electrons. The number of rotatable bonds is 3. The summed E-state index contributed by atoms with van der Waals surface area (Å²) >= 11 is 0. The number of carbonyl (C=O) groups is 1. The third kappa shape index (κ3) is 2.91. The molecule has 3 aromatic rings.